The maximum absolute atomic E-state index is 12.3. The molecule has 1 unspecified atom stereocenters. The Morgan fingerprint density at radius 1 is 1.32 bits per heavy atom. The zero-order valence-corrected chi connectivity index (χ0v) is 11.8. The lowest BCUT2D eigenvalue weighted by atomic mass is 10.2. The van der Waals surface area contributed by atoms with E-state index >= 15 is 0 Å². The number of methoxy groups -OCH3 is 2. The van der Waals surface area contributed by atoms with Crippen molar-refractivity contribution in [1.82, 2.24) is 4.90 Å². The van der Waals surface area contributed by atoms with Crippen LogP contribution in [0.25, 0.3) is 0 Å². The van der Waals surface area contributed by atoms with Crippen LogP contribution in [0.5, 0.6) is 5.75 Å². The normalized spacial score (nSPS) is 15.9. The molecule has 0 bridgehead atoms. The van der Waals surface area contributed by atoms with E-state index < -0.39 is 0 Å². The quantitative estimate of drug-likeness (QED) is 0.790. The zero-order valence-electron chi connectivity index (χ0n) is 11.8. The van der Waals surface area contributed by atoms with Gasteiger partial charge in [-0.15, -0.1) is 0 Å². The van der Waals surface area contributed by atoms with Crippen molar-refractivity contribution in [3.05, 3.63) is 29.8 Å². The predicted octanol–water partition coefficient (Wildman–Crippen LogP) is 2.22. The maximum Gasteiger partial charge on any atom is 0.251 e. The van der Waals surface area contributed by atoms with Crippen molar-refractivity contribution in [3.8, 4) is 5.75 Å². The van der Waals surface area contributed by atoms with Gasteiger partial charge in [0.15, 0.2) is 0 Å². The van der Waals surface area contributed by atoms with Crippen LogP contribution in [0.1, 0.15) is 25.3 Å². The second kappa shape index (κ2) is 6.06. The van der Waals surface area contributed by atoms with E-state index in [-0.39, 0.29) is 12.0 Å². The second-order valence-corrected chi connectivity index (χ2v) is 4.92. The molecule has 0 spiro atoms. The molecule has 4 nitrogen and oxygen atoms in total. The summed E-state index contributed by atoms with van der Waals surface area (Å²) >= 11 is 0. The van der Waals surface area contributed by atoms with Gasteiger partial charge in [-0.2, -0.15) is 0 Å². The van der Waals surface area contributed by atoms with Gasteiger partial charge < -0.3 is 14.4 Å². The number of amides is 1. The van der Waals surface area contributed by atoms with Crippen LogP contribution in [0.15, 0.2) is 24.3 Å². The molecule has 0 aliphatic heterocycles. The number of rotatable bonds is 6. The molecule has 1 aromatic carbocycles. The monoisotopic (exact) mass is 263 g/mol. The van der Waals surface area contributed by atoms with Gasteiger partial charge in [-0.3, -0.25) is 4.79 Å². The van der Waals surface area contributed by atoms with Gasteiger partial charge >= 0.3 is 0 Å². The van der Waals surface area contributed by atoms with E-state index in [2.05, 4.69) is 0 Å². The summed E-state index contributed by atoms with van der Waals surface area (Å²) in [7, 11) is 3.22. The van der Waals surface area contributed by atoms with Crippen molar-refractivity contribution >= 4 is 5.91 Å². The smallest absolute Gasteiger partial charge is 0.251 e. The van der Waals surface area contributed by atoms with E-state index in [1.807, 2.05) is 29.2 Å². The molecule has 19 heavy (non-hydrogen) atoms. The number of carbonyl (C=O) groups excluding carboxylic acids is 1. The predicted molar refractivity (Wildman–Crippen MR) is 73.0 cm³/mol. The van der Waals surface area contributed by atoms with Gasteiger partial charge in [0.25, 0.3) is 5.91 Å². The van der Waals surface area contributed by atoms with Gasteiger partial charge in [-0.25, -0.2) is 0 Å². The number of nitrogens with zero attached hydrogens (tertiary/aromatic N) is 1. The maximum atomic E-state index is 12.3. The van der Waals surface area contributed by atoms with Crippen molar-refractivity contribution in [2.45, 2.75) is 38.5 Å². The van der Waals surface area contributed by atoms with Gasteiger partial charge in [-0.05, 0) is 37.5 Å². The Morgan fingerprint density at radius 2 is 1.95 bits per heavy atom. The van der Waals surface area contributed by atoms with Crippen molar-refractivity contribution in [3.63, 3.8) is 0 Å². The highest BCUT2D eigenvalue weighted by atomic mass is 16.5. The van der Waals surface area contributed by atoms with Crippen molar-refractivity contribution in [1.29, 1.82) is 0 Å². The lowest BCUT2D eigenvalue weighted by Gasteiger charge is -2.25. The van der Waals surface area contributed by atoms with Crippen molar-refractivity contribution in [2.24, 2.45) is 0 Å². The molecule has 0 N–H and O–H groups in total. The van der Waals surface area contributed by atoms with E-state index in [1.165, 1.54) is 0 Å². The summed E-state index contributed by atoms with van der Waals surface area (Å²) in [5.74, 6) is 0.902. The SMILES string of the molecule is COc1ccc(CN(C(=O)C(C)OC)C2CC2)cc1. The first-order valence-electron chi connectivity index (χ1n) is 6.62. The standard InChI is InChI=1S/C15H21NO3/c1-11(18-2)15(17)16(13-6-7-13)10-12-4-8-14(19-3)9-5-12/h4-5,8-9,11,13H,6-7,10H2,1-3H3. The zero-order chi connectivity index (χ0) is 13.8. The van der Waals surface area contributed by atoms with E-state index in [0.717, 1.165) is 24.2 Å². The molecule has 1 saturated carbocycles. The topological polar surface area (TPSA) is 38.8 Å². The van der Waals surface area contributed by atoms with Crippen LogP contribution < -0.4 is 4.74 Å². The molecule has 1 aromatic rings. The molecule has 104 valence electrons. The molecule has 1 atom stereocenters. The Kier molecular flexibility index (Phi) is 4.43. The van der Waals surface area contributed by atoms with Crippen molar-refractivity contribution < 1.29 is 14.3 Å². The fourth-order valence-electron chi connectivity index (χ4n) is 2.04. The van der Waals surface area contributed by atoms with Gasteiger partial charge in [-0.1, -0.05) is 12.1 Å². The minimum atomic E-state index is -0.376. The molecule has 1 fully saturated rings. The Morgan fingerprint density at radius 3 is 2.42 bits per heavy atom. The summed E-state index contributed by atoms with van der Waals surface area (Å²) in [5, 5.41) is 0. The average Bonchev–Trinajstić information content (AvgIpc) is 3.28. The molecule has 1 aliphatic carbocycles. The van der Waals surface area contributed by atoms with Crippen LogP contribution in [0, 0.1) is 0 Å². The molecular weight excluding hydrogens is 242 g/mol. The summed E-state index contributed by atoms with van der Waals surface area (Å²) in [6.45, 7) is 2.44. The number of hydrogen-bond donors (Lipinski definition) is 0. The van der Waals surface area contributed by atoms with E-state index in [9.17, 15) is 4.79 Å². The minimum absolute atomic E-state index is 0.0702. The van der Waals surface area contributed by atoms with E-state index in [4.69, 9.17) is 9.47 Å². The fraction of sp³-hybridized carbons (Fsp3) is 0.533. The van der Waals surface area contributed by atoms with Crippen LogP contribution in [-0.4, -0.2) is 37.2 Å². The molecule has 2 rings (SSSR count). The molecule has 0 aromatic heterocycles. The Labute approximate surface area is 114 Å². The van der Waals surface area contributed by atoms with Crippen LogP contribution in [0.2, 0.25) is 0 Å². The van der Waals surface area contributed by atoms with E-state index in [0.29, 0.717) is 12.6 Å². The lowest BCUT2D eigenvalue weighted by molar-refractivity contribution is -0.142. The van der Waals surface area contributed by atoms with Gasteiger partial charge in [0.1, 0.15) is 11.9 Å². The molecule has 0 heterocycles. The van der Waals surface area contributed by atoms with Gasteiger partial charge in [0.2, 0.25) is 0 Å². The third kappa shape index (κ3) is 3.47. The van der Waals surface area contributed by atoms with E-state index in [1.54, 1.807) is 21.1 Å². The molecule has 4 heteroatoms. The summed E-state index contributed by atoms with van der Waals surface area (Å²) in [5.41, 5.74) is 1.12. The Bertz CT molecular complexity index is 426. The molecule has 0 saturated heterocycles. The highest BCUT2D eigenvalue weighted by molar-refractivity contribution is 5.81. The highest BCUT2D eigenvalue weighted by Gasteiger charge is 2.34. The second-order valence-electron chi connectivity index (χ2n) is 4.92. The average molecular weight is 263 g/mol. The fourth-order valence-corrected chi connectivity index (χ4v) is 2.04. The van der Waals surface area contributed by atoms with Gasteiger partial charge in [0, 0.05) is 19.7 Å². The van der Waals surface area contributed by atoms with Crippen molar-refractivity contribution in [2.75, 3.05) is 14.2 Å². The van der Waals surface area contributed by atoms with Gasteiger partial charge in [0.05, 0.1) is 7.11 Å². The first kappa shape index (κ1) is 13.9. The number of carbonyl (C=O) groups is 1. The Balaban J connectivity index is 2.05. The molecular formula is C15H21NO3. The lowest BCUT2D eigenvalue weighted by Crippen LogP contribution is -2.39. The number of benzene rings is 1. The third-order valence-electron chi connectivity index (χ3n) is 3.48. The Hall–Kier alpha value is -1.55. The van der Waals surface area contributed by atoms with Crippen LogP contribution in [0.3, 0.4) is 0 Å². The van der Waals surface area contributed by atoms with Crippen LogP contribution >= 0.6 is 0 Å². The first-order valence-corrected chi connectivity index (χ1v) is 6.62. The summed E-state index contributed by atoms with van der Waals surface area (Å²) in [6, 6.07) is 8.22. The summed E-state index contributed by atoms with van der Waals surface area (Å²) in [4.78, 5) is 14.2. The minimum Gasteiger partial charge on any atom is -0.497 e. The number of ether oxygens (including phenoxy) is 2. The highest BCUT2D eigenvalue weighted by Crippen LogP contribution is 2.29. The largest absolute Gasteiger partial charge is 0.497 e. The molecule has 1 amide bonds. The number of hydrogen-bond acceptors (Lipinski definition) is 3. The molecule has 1 aliphatic rings. The first-order chi connectivity index (χ1) is 9.15. The molecule has 0 radical (unpaired) electrons. The summed E-state index contributed by atoms with van der Waals surface area (Å²) < 4.78 is 10.3. The van der Waals surface area contributed by atoms with Crippen LogP contribution in [-0.2, 0) is 16.1 Å². The van der Waals surface area contributed by atoms with Crippen LogP contribution in [0.4, 0.5) is 0 Å². The summed E-state index contributed by atoms with van der Waals surface area (Å²) in [6.07, 6.45) is 1.82. The third-order valence-corrected chi connectivity index (χ3v) is 3.48.